The number of anilines is 1. The van der Waals surface area contributed by atoms with Gasteiger partial charge in [-0.25, -0.2) is 0 Å². The number of phenols is 1. The number of benzene rings is 1. The number of aryl methyl sites for hydroxylation is 1. The maximum atomic E-state index is 9.46. The molecule has 1 aromatic heterocycles. The summed E-state index contributed by atoms with van der Waals surface area (Å²) < 4.78 is 1.67. The van der Waals surface area contributed by atoms with Crippen LogP contribution in [0.5, 0.6) is 5.75 Å². The Morgan fingerprint density at radius 2 is 1.95 bits per heavy atom. The van der Waals surface area contributed by atoms with Gasteiger partial charge in [0.25, 0.3) is 0 Å². The van der Waals surface area contributed by atoms with Crippen molar-refractivity contribution in [2.24, 2.45) is 0 Å². The third kappa shape index (κ3) is 3.75. The summed E-state index contributed by atoms with van der Waals surface area (Å²) in [6.07, 6.45) is 2.44. The van der Waals surface area contributed by atoms with E-state index in [-0.39, 0.29) is 22.4 Å². The van der Waals surface area contributed by atoms with Crippen molar-refractivity contribution in [3.63, 3.8) is 0 Å². The zero-order valence-electron chi connectivity index (χ0n) is 10.6. The van der Waals surface area contributed by atoms with Crippen LogP contribution in [-0.2, 0) is 13.1 Å². The molecule has 8 heteroatoms. The molecule has 108 valence electrons. The molecule has 0 aliphatic carbocycles. The van der Waals surface area contributed by atoms with Gasteiger partial charge in [-0.2, -0.15) is 0 Å². The van der Waals surface area contributed by atoms with Gasteiger partial charge in [-0.1, -0.05) is 28.4 Å². The van der Waals surface area contributed by atoms with Gasteiger partial charge in [0.1, 0.15) is 5.69 Å². The van der Waals surface area contributed by atoms with Gasteiger partial charge in [0.2, 0.25) is 0 Å². The van der Waals surface area contributed by atoms with Gasteiger partial charge in [0.15, 0.2) is 5.75 Å². The van der Waals surface area contributed by atoms with Gasteiger partial charge in [-0.3, -0.25) is 4.68 Å². The van der Waals surface area contributed by atoms with E-state index >= 15 is 0 Å². The molecule has 0 saturated carbocycles. The van der Waals surface area contributed by atoms with Gasteiger partial charge in [-0.05, 0) is 18.6 Å². The number of aromatic hydroxyl groups is 1. The first-order valence-corrected chi connectivity index (χ1v) is 6.77. The molecule has 0 unspecified atom stereocenters. The van der Waals surface area contributed by atoms with Crippen LogP contribution in [0.25, 0.3) is 0 Å². The lowest BCUT2D eigenvalue weighted by molar-refractivity contribution is 0.276. The summed E-state index contributed by atoms with van der Waals surface area (Å²) in [5.41, 5.74) is 1.44. The monoisotopic (exact) mass is 316 g/mol. The van der Waals surface area contributed by atoms with E-state index in [1.54, 1.807) is 23.0 Å². The Morgan fingerprint density at radius 3 is 2.60 bits per heavy atom. The summed E-state index contributed by atoms with van der Waals surface area (Å²) >= 11 is 11.7. The summed E-state index contributed by atoms with van der Waals surface area (Å²) in [6.45, 7) is 1.20. The molecule has 0 saturated heterocycles. The molecule has 0 atom stereocenters. The van der Waals surface area contributed by atoms with E-state index in [1.807, 2.05) is 0 Å². The van der Waals surface area contributed by atoms with Crippen LogP contribution in [-0.4, -0.2) is 31.8 Å². The molecular formula is C12H14Cl2N4O2. The minimum absolute atomic E-state index is 0.123. The minimum atomic E-state index is -0.131. The highest BCUT2D eigenvalue weighted by molar-refractivity contribution is 6.37. The van der Waals surface area contributed by atoms with Crippen LogP contribution < -0.4 is 5.32 Å². The number of rotatable bonds is 6. The third-order valence-electron chi connectivity index (χ3n) is 2.62. The number of hydrogen-bond donors (Lipinski definition) is 3. The lowest BCUT2D eigenvalue weighted by Gasteiger charge is -2.07. The predicted octanol–water partition coefficient (Wildman–Crippen LogP) is 2.28. The third-order valence-corrected chi connectivity index (χ3v) is 3.20. The summed E-state index contributed by atoms with van der Waals surface area (Å²) in [4.78, 5) is 0. The first-order valence-electron chi connectivity index (χ1n) is 6.02. The van der Waals surface area contributed by atoms with Crippen molar-refractivity contribution in [2.45, 2.75) is 19.5 Å². The maximum absolute atomic E-state index is 9.46. The molecule has 0 amide bonds. The molecule has 2 aromatic rings. The Hall–Kier alpha value is -1.50. The smallest absolute Gasteiger partial charge is 0.152 e. The molecule has 0 bridgehead atoms. The van der Waals surface area contributed by atoms with Crippen LogP contribution in [0.15, 0.2) is 18.3 Å². The Bertz CT molecular complexity index is 566. The number of aliphatic hydroxyl groups excluding tert-OH is 1. The van der Waals surface area contributed by atoms with E-state index in [4.69, 9.17) is 28.3 Å². The molecule has 6 nitrogen and oxygen atoms in total. The number of aromatic nitrogens is 3. The molecule has 3 N–H and O–H groups in total. The number of halogens is 2. The Labute approximate surface area is 125 Å². The van der Waals surface area contributed by atoms with Crippen LogP contribution in [0.2, 0.25) is 10.0 Å². The second-order valence-electron chi connectivity index (χ2n) is 4.19. The van der Waals surface area contributed by atoms with E-state index < -0.39 is 0 Å². The predicted molar refractivity (Wildman–Crippen MR) is 77.2 cm³/mol. The SMILES string of the molecule is OCCCn1cc(CNc2cc(Cl)c(O)c(Cl)c2)nn1. The quantitative estimate of drug-likeness (QED) is 0.712. The van der Waals surface area contributed by atoms with Crippen molar-refractivity contribution in [2.75, 3.05) is 11.9 Å². The lowest BCUT2D eigenvalue weighted by atomic mass is 10.3. The van der Waals surface area contributed by atoms with Crippen LogP contribution in [0.3, 0.4) is 0 Å². The average molecular weight is 317 g/mol. The molecule has 0 spiro atoms. The number of phenolic OH excluding ortho intramolecular Hbond substituents is 1. The summed E-state index contributed by atoms with van der Waals surface area (Å²) in [6, 6.07) is 3.16. The summed E-state index contributed by atoms with van der Waals surface area (Å²) in [5.74, 6) is -0.131. The molecule has 1 heterocycles. The largest absolute Gasteiger partial charge is 0.505 e. The molecule has 0 radical (unpaired) electrons. The highest BCUT2D eigenvalue weighted by atomic mass is 35.5. The second kappa shape index (κ2) is 6.78. The van der Waals surface area contributed by atoms with E-state index in [0.29, 0.717) is 25.2 Å². The fourth-order valence-corrected chi connectivity index (χ4v) is 2.11. The van der Waals surface area contributed by atoms with Crippen molar-refractivity contribution in [1.82, 2.24) is 15.0 Å². The van der Waals surface area contributed by atoms with Gasteiger partial charge in [0, 0.05) is 18.8 Å². The standard InChI is InChI=1S/C12H14Cl2N4O2/c13-10-4-8(5-11(14)12(10)20)15-6-9-7-18(17-16-9)2-1-3-19/h4-5,7,15,19-20H,1-3,6H2. The highest BCUT2D eigenvalue weighted by Gasteiger charge is 2.07. The Kier molecular flexibility index (Phi) is 5.05. The van der Waals surface area contributed by atoms with Crippen molar-refractivity contribution in [1.29, 1.82) is 0 Å². The molecule has 20 heavy (non-hydrogen) atoms. The van der Waals surface area contributed by atoms with Crippen LogP contribution >= 0.6 is 23.2 Å². The number of hydrogen-bond acceptors (Lipinski definition) is 5. The van der Waals surface area contributed by atoms with E-state index in [1.165, 1.54) is 0 Å². The van der Waals surface area contributed by atoms with Gasteiger partial charge in [-0.15, -0.1) is 5.10 Å². The van der Waals surface area contributed by atoms with Crippen molar-refractivity contribution >= 4 is 28.9 Å². The number of nitrogens with zero attached hydrogens (tertiary/aromatic N) is 3. The summed E-state index contributed by atoms with van der Waals surface area (Å²) in [7, 11) is 0. The van der Waals surface area contributed by atoms with E-state index in [0.717, 1.165) is 5.69 Å². The first-order chi connectivity index (χ1) is 9.60. The highest BCUT2D eigenvalue weighted by Crippen LogP contribution is 2.34. The fourth-order valence-electron chi connectivity index (χ4n) is 1.62. The fraction of sp³-hybridized carbons (Fsp3) is 0.333. The van der Waals surface area contributed by atoms with Crippen molar-refractivity contribution < 1.29 is 10.2 Å². The molecule has 2 rings (SSSR count). The van der Waals surface area contributed by atoms with Gasteiger partial charge in [0.05, 0.1) is 22.8 Å². The zero-order valence-corrected chi connectivity index (χ0v) is 12.1. The molecule has 0 aliphatic heterocycles. The Balaban J connectivity index is 1.96. The van der Waals surface area contributed by atoms with Crippen LogP contribution in [0.1, 0.15) is 12.1 Å². The van der Waals surface area contributed by atoms with Crippen molar-refractivity contribution in [3.05, 3.63) is 34.1 Å². The van der Waals surface area contributed by atoms with Crippen LogP contribution in [0, 0.1) is 0 Å². The lowest BCUT2D eigenvalue weighted by Crippen LogP contribution is -2.01. The average Bonchev–Trinajstić information content (AvgIpc) is 2.88. The topological polar surface area (TPSA) is 83.2 Å². The number of aliphatic hydroxyl groups is 1. The van der Waals surface area contributed by atoms with Crippen LogP contribution in [0.4, 0.5) is 5.69 Å². The minimum Gasteiger partial charge on any atom is -0.505 e. The normalized spacial score (nSPS) is 10.8. The molecule has 0 fully saturated rings. The molecular weight excluding hydrogens is 303 g/mol. The summed E-state index contributed by atoms with van der Waals surface area (Å²) in [5, 5.41) is 29.6. The van der Waals surface area contributed by atoms with Gasteiger partial charge >= 0.3 is 0 Å². The second-order valence-corrected chi connectivity index (χ2v) is 5.01. The number of nitrogens with one attached hydrogen (secondary N) is 1. The first kappa shape index (κ1) is 14.9. The Morgan fingerprint density at radius 1 is 1.25 bits per heavy atom. The molecule has 1 aromatic carbocycles. The zero-order chi connectivity index (χ0) is 14.5. The molecule has 0 aliphatic rings. The van der Waals surface area contributed by atoms with E-state index in [2.05, 4.69) is 15.6 Å². The maximum Gasteiger partial charge on any atom is 0.152 e. The van der Waals surface area contributed by atoms with Gasteiger partial charge < -0.3 is 15.5 Å². The van der Waals surface area contributed by atoms with Crippen molar-refractivity contribution in [3.8, 4) is 5.75 Å². The van der Waals surface area contributed by atoms with E-state index in [9.17, 15) is 5.11 Å².